The number of halogens is 4. The zero-order chi connectivity index (χ0) is 29.2. The Bertz CT molecular complexity index is 1630. The molecule has 1 aliphatic carbocycles. The lowest BCUT2D eigenvalue weighted by molar-refractivity contribution is -0.0912. The van der Waals surface area contributed by atoms with Gasteiger partial charge in [-0.05, 0) is 79.0 Å². The van der Waals surface area contributed by atoms with E-state index in [1.54, 1.807) is 31.2 Å². The number of hydrogen-bond donors (Lipinski definition) is 1. The smallest absolute Gasteiger partial charge is 0.335 e. The first kappa shape index (κ1) is 28.9. The molecule has 2 heterocycles. The molecule has 1 aromatic carbocycles. The summed E-state index contributed by atoms with van der Waals surface area (Å²) in [5.74, 6) is 0. The number of nitrogens with zero attached hydrogens (tertiary/aromatic N) is 5. The number of hydrogen-bond acceptors (Lipinski definition) is 4. The van der Waals surface area contributed by atoms with E-state index in [9.17, 15) is 28.0 Å². The number of aromatic nitrogens is 4. The summed E-state index contributed by atoms with van der Waals surface area (Å²) >= 11 is 3.45. The van der Waals surface area contributed by atoms with E-state index in [1.807, 2.05) is 0 Å². The maximum absolute atomic E-state index is 13.9. The molecule has 3 aromatic rings. The van der Waals surface area contributed by atoms with E-state index in [0.29, 0.717) is 21.4 Å². The molecule has 1 N–H and O–H groups in total. The van der Waals surface area contributed by atoms with Crippen molar-refractivity contribution in [3.05, 3.63) is 87.1 Å². The van der Waals surface area contributed by atoms with Crippen molar-refractivity contribution in [3.8, 4) is 23.1 Å². The second-order valence-corrected chi connectivity index (χ2v) is 10.2. The molecule has 0 spiro atoms. The van der Waals surface area contributed by atoms with Crippen molar-refractivity contribution >= 4 is 27.7 Å². The number of nitrogens with one attached hydrogen (secondary N) is 1. The summed E-state index contributed by atoms with van der Waals surface area (Å²) in [5.41, 5.74) is -0.222. The molecule has 0 radical (unpaired) electrons. The van der Waals surface area contributed by atoms with Crippen LogP contribution in [0.1, 0.15) is 43.9 Å². The topological polar surface area (TPSA) is 97.6 Å². The molecule has 8 nitrogen and oxygen atoms in total. The standard InChI is InChI=1S/C28H26BrF3N6O2/c1-4-7-21(14-17(2)28(30,31)32)36-18(3)25(37(27(36)40)26(39)35-20-8-5-6-9-20)24-12-13-34-38(24)23-11-10-19(16-33)15-22(23)29/h4,7,10-15,20H,1,5-6,8-9H2,2-3H3,(H,35,39)/b17-14+,21-7+. The van der Waals surface area contributed by atoms with E-state index in [1.165, 1.54) is 23.0 Å². The predicted molar refractivity (Wildman–Crippen MR) is 149 cm³/mol. The Morgan fingerprint density at radius 3 is 2.55 bits per heavy atom. The minimum absolute atomic E-state index is 0.105. The van der Waals surface area contributed by atoms with Crippen LogP contribution in [0.3, 0.4) is 0 Å². The summed E-state index contributed by atoms with van der Waals surface area (Å²) in [4.78, 5) is 27.5. The molecule has 0 aliphatic heterocycles. The quantitative estimate of drug-likeness (QED) is 0.321. The van der Waals surface area contributed by atoms with Crippen LogP contribution in [0.15, 0.2) is 70.1 Å². The highest BCUT2D eigenvalue weighted by Gasteiger charge is 2.32. The minimum atomic E-state index is -4.62. The highest BCUT2D eigenvalue weighted by Crippen LogP contribution is 2.32. The highest BCUT2D eigenvalue weighted by atomic mass is 79.9. The lowest BCUT2D eigenvalue weighted by atomic mass is 10.2. The van der Waals surface area contributed by atoms with Gasteiger partial charge in [-0.1, -0.05) is 25.5 Å². The Balaban J connectivity index is 1.98. The number of allylic oxidation sites excluding steroid dienone is 5. The first-order chi connectivity index (χ1) is 19.0. The van der Waals surface area contributed by atoms with Gasteiger partial charge in [-0.3, -0.25) is 4.57 Å². The van der Waals surface area contributed by atoms with Gasteiger partial charge in [0, 0.05) is 16.1 Å². The largest absolute Gasteiger partial charge is 0.412 e. The summed E-state index contributed by atoms with van der Waals surface area (Å²) in [6, 6.07) is 7.71. The van der Waals surface area contributed by atoms with Crippen LogP contribution < -0.4 is 11.0 Å². The highest BCUT2D eigenvalue weighted by molar-refractivity contribution is 9.10. The zero-order valence-corrected chi connectivity index (χ0v) is 23.4. The molecule has 1 fully saturated rings. The fourth-order valence-electron chi connectivity index (χ4n) is 4.74. The average Bonchev–Trinajstić information content (AvgIpc) is 3.63. The van der Waals surface area contributed by atoms with Gasteiger partial charge >= 0.3 is 17.9 Å². The first-order valence-electron chi connectivity index (χ1n) is 12.5. The van der Waals surface area contributed by atoms with Gasteiger partial charge in [0.25, 0.3) is 0 Å². The van der Waals surface area contributed by atoms with Crippen molar-refractivity contribution in [2.24, 2.45) is 0 Å². The lowest BCUT2D eigenvalue weighted by Gasteiger charge is -2.15. The Hall–Kier alpha value is -4.11. The number of alkyl halides is 3. The number of imidazole rings is 1. The molecule has 0 saturated heterocycles. The van der Waals surface area contributed by atoms with E-state index in [4.69, 9.17) is 0 Å². The van der Waals surface area contributed by atoms with E-state index in [-0.39, 0.29) is 23.1 Å². The fraction of sp³-hybridized carbons (Fsp3) is 0.286. The monoisotopic (exact) mass is 614 g/mol. The normalized spacial score (nSPS) is 14.8. The van der Waals surface area contributed by atoms with Gasteiger partial charge < -0.3 is 5.32 Å². The third-order valence-electron chi connectivity index (χ3n) is 6.72. The molecular weight excluding hydrogens is 589 g/mol. The Morgan fingerprint density at radius 1 is 1.25 bits per heavy atom. The van der Waals surface area contributed by atoms with Crippen LogP contribution in [0.25, 0.3) is 22.8 Å². The Morgan fingerprint density at radius 2 is 1.95 bits per heavy atom. The van der Waals surface area contributed by atoms with Crippen molar-refractivity contribution in [1.29, 1.82) is 5.26 Å². The number of nitriles is 1. The SMILES string of the molecule is C=C/C=C(\C=C(/C)C(F)(F)F)n1c(C)c(-c2ccnn2-c2ccc(C#N)cc2Br)n(C(=O)NC2CCCC2)c1=O. The van der Waals surface area contributed by atoms with Crippen molar-refractivity contribution in [3.63, 3.8) is 0 Å². The molecule has 1 saturated carbocycles. The Kier molecular flexibility index (Phi) is 8.34. The van der Waals surface area contributed by atoms with Gasteiger partial charge in [0.15, 0.2) is 0 Å². The number of rotatable bonds is 6. The average molecular weight is 615 g/mol. The van der Waals surface area contributed by atoms with Crippen LogP contribution in [-0.2, 0) is 0 Å². The van der Waals surface area contributed by atoms with Crippen LogP contribution in [0.2, 0.25) is 0 Å². The van der Waals surface area contributed by atoms with Crippen molar-refractivity contribution in [1.82, 2.24) is 24.2 Å². The van der Waals surface area contributed by atoms with Crippen LogP contribution in [0.4, 0.5) is 18.0 Å². The maximum Gasteiger partial charge on any atom is 0.412 e. The summed E-state index contributed by atoms with van der Waals surface area (Å²) < 4.78 is 44.4. The zero-order valence-electron chi connectivity index (χ0n) is 21.8. The fourth-order valence-corrected chi connectivity index (χ4v) is 5.29. The van der Waals surface area contributed by atoms with Gasteiger partial charge in [0.1, 0.15) is 5.69 Å². The third kappa shape index (κ3) is 5.60. The van der Waals surface area contributed by atoms with Crippen LogP contribution in [-0.4, -0.2) is 37.2 Å². The summed E-state index contributed by atoms with van der Waals surface area (Å²) in [6.07, 6.45) is 3.67. The van der Waals surface area contributed by atoms with Gasteiger partial charge in [0.05, 0.1) is 40.6 Å². The summed E-state index contributed by atoms with van der Waals surface area (Å²) in [6.45, 7) is 6.04. The lowest BCUT2D eigenvalue weighted by Crippen LogP contribution is -2.41. The van der Waals surface area contributed by atoms with Crippen LogP contribution >= 0.6 is 15.9 Å². The maximum atomic E-state index is 13.9. The summed E-state index contributed by atoms with van der Waals surface area (Å²) in [5, 5.41) is 16.5. The molecule has 12 heteroatoms. The van der Waals surface area contributed by atoms with Crippen molar-refractivity contribution < 1.29 is 18.0 Å². The van der Waals surface area contributed by atoms with E-state index < -0.39 is 23.5 Å². The molecule has 1 aliphatic rings. The first-order valence-corrected chi connectivity index (χ1v) is 13.3. The number of amides is 1. The van der Waals surface area contributed by atoms with E-state index in [2.05, 4.69) is 39.0 Å². The molecule has 0 unspecified atom stereocenters. The van der Waals surface area contributed by atoms with Gasteiger partial charge in [-0.25, -0.2) is 18.8 Å². The molecule has 4 rings (SSSR count). The van der Waals surface area contributed by atoms with E-state index >= 15 is 0 Å². The second kappa shape index (κ2) is 11.6. The summed E-state index contributed by atoms with van der Waals surface area (Å²) in [7, 11) is 0. The van der Waals surface area contributed by atoms with Crippen molar-refractivity contribution in [2.45, 2.75) is 51.7 Å². The molecule has 2 aromatic heterocycles. The van der Waals surface area contributed by atoms with Crippen molar-refractivity contribution in [2.75, 3.05) is 0 Å². The second-order valence-electron chi connectivity index (χ2n) is 9.38. The predicted octanol–water partition coefficient (Wildman–Crippen LogP) is 6.48. The van der Waals surface area contributed by atoms with E-state index in [0.717, 1.165) is 47.8 Å². The number of benzene rings is 1. The molecule has 1 amide bonds. The molecule has 0 atom stereocenters. The number of carbonyl (C=O) groups is 1. The Labute approximate surface area is 236 Å². The third-order valence-corrected chi connectivity index (χ3v) is 7.35. The number of carbonyl (C=O) groups excluding carboxylic acids is 1. The molecule has 208 valence electrons. The van der Waals surface area contributed by atoms with Crippen LogP contribution in [0.5, 0.6) is 0 Å². The van der Waals surface area contributed by atoms with Gasteiger partial charge in [-0.15, -0.1) is 0 Å². The van der Waals surface area contributed by atoms with Crippen LogP contribution in [0, 0.1) is 18.3 Å². The molecule has 40 heavy (non-hydrogen) atoms. The molecule has 0 bridgehead atoms. The minimum Gasteiger partial charge on any atom is -0.335 e. The molecular formula is C28H26BrF3N6O2. The van der Waals surface area contributed by atoms with Gasteiger partial charge in [0.2, 0.25) is 0 Å². The van der Waals surface area contributed by atoms with Gasteiger partial charge in [-0.2, -0.15) is 23.5 Å².